The molecule has 0 fully saturated rings. The smallest absolute Gasteiger partial charge is 0.310 e. The standard InChI is InChI=1S/C38H65NO7/c1-6-8-10-12-14-16-17-18-19-21-22-24-26-28-36(40)45-33-34(32-44-31-30-35(38(42)43)39(3,4)5)46-37(41)29-27-25-23-20-15-13-11-9-7-2/h9,11,15,18-20,25,27,34-35H,6-8,10,12-14,16-17,21-24,26,28-33H2,1-5H3/b11-9+,19-18+,20-15+,27-25+. The van der Waals surface area contributed by atoms with Crippen LogP contribution in [0.4, 0.5) is 0 Å². The predicted octanol–water partition coefficient (Wildman–Crippen LogP) is 7.18. The highest BCUT2D eigenvalue weighted by Gasteiger charge is 2.25. The molecule has 0 N–H and O–H groups in total. The number of rotatable bonds is 30. The first-order valence-electron chi connectivity index (χ1n) is 17.7. The van der Waals surface area contributed by atoms with E-state index < -0.39 is 24.1 Å². The van der Waals surface area contributed by atoms with Crippen LogP contribution < -0.4 is 5.11 Å². The molecular weight excluding hydrogens is 582 g/mol. The number of aliphatic carboxylic acids is 1. The number of allylic oxidation sites excluding steroid dienone is 7. The minimum absolute atomic E-state index is 0.00125. The predicted molar refractivity (Wildman–Crippen MR) is 185 cm³/mol. The second-order valence-electron chi connectivity index (χ2n) is 12.7. The number of carbonyl (C=O) groups is 3. The third-order valence-electron chi connectivity index (χ3n) is 7.48. The molecule has 2 unspecified atom stereocenters. The summed E-state index contributed by atoms with van der Waals surface area (Å²) in [5, 5.41) is 11.5. The van der Waals surface area contributed by atoms with Gasteiger partial charge in [-0.05, 0) is 51.4 Å². The van der Waals surface area contributed by atoms with Gasteiger partial charge in [0, 0.05) is 12.8 Å². The van der Waals surface area contributed by atoms with Crippen molar-refractivity contribution in [3.8, 4) is 0 Å². The fourth-order valence-corrected chi connectivity index (χ4v) is 4.71. The maximum atomic E-state index is 12.5. The van der Waals surface area contributed by atoms with Crippen LogP contribution in [0, 0.1) is 0 Å². The summed E-state index contributed by atoms with van der Waals surface area (Å²) in [6, 6.07) is -0.739. The van der Waals surface area contributed by atoms with Crippen molar-refractivity contribution < 1.29 is 38.2 Å². The van der Waals surface area contributed by atoms with Gasteiger partial charge >= 0.3 is 11.9 Å². The van der Waals surface area contributed by atoms with E-state index in [2.05, 4.69) is 44.2 Å². The normalized spacial score (nSPS) is 13.7. The van der Waals surface area contributed by atoms with Gasteiger partial charge in [0.2, 0.25) is 0 Å². The highest BCUT2D eigenvalue weighted by Crippen LogP contribution is 2.11. The molecule has 8 nitrogen and oxygen atoms in total. The van der Waals surface area contributed by atoms with Crippen molar-refractivity contribution in [1.82, 2.24) is 0 Å². The van der Waals surface area contributed by atoms with Crippen molar-refractivity contribution in [3.05, 3.63) is 48.6 Å². The quantitative estimate of drug-likeness (QED) is 0.0352. The molecule has 0 radical (unpaired) electrons. The zero-order valence-electron chi connectivity index (χ0n) is 29.7. The van der Waals surface area contributed by atoms with E-state index in [-0.39, 0.29) is 43.1 Å². The van der Waals surface area contributed by atoms with Crippen LogP contribution in [-0.2, 0) is 28.6 Å². The maximum absolute atomic E-state index is 12.5. The van der Waals surface area contributed by atoms with Crippen molar-refractivity contribution in [3.63, 3.8) is 0 Å². The van der Waals surface area contributed by atoms with E-state index in [9.17, 15) is 19.5 Å². The lowest BCUT2D eigenvalue weighted by molar-refractivity contribution is -0.889. The Morgan fingerprint density at radius 1 is 0.696 bits per heavy atom. The van der Waals surface area contributed by atoms with Gasteiger partial charge in [0.05, 0.1) is 46.7 Å². The fraction of sp³-hybridized carbons (Fsp3) is 0.711. The molecule has 0 aliphatic rings. The van der Waals surface area contributed by atoms with Gasteiger partial charge in [-0.2, -0.15) is 0 Å². The minimum Gasteiger partial charge on any atom is -0.544 e. The number of carboxylic acids is 1. The molecule has 0 saturated heterocycles. The van der Waals surface area contributed by atoms with E-state index in [1.807, 2.05) is 12.2 Å². The lowest BCUT2D eigenvalue weighted by atomic mass is 10.1. The molecule has 0 bridgehead atoms. The second-order valence-corrected chi connectivity index (χ2v) is 12.7. The molecule has 8 heteroatoms. The Morgan fingerprint density at radius 3 is 1.89 bits per heavy atom. The van der Waals surface area contributed by atoms with Gasteiger partial charge in [-0.25, -0.2) is 0 Å². The van der Waals surface area contributed by atoms with E-state index in [4.69, 9.17) is 14.2 Å². The maximum Gasteiger partial charge on any atom is 0.310 e. The SMILES string of the molecule is CC/C=C/C/C=C/C/C=C/CC(=O)OC(COCCC(C(=O)[O-])[N+](C)(C)C)COC(=O)CCCCC/C=C/CCCCCCCC. The molecule has 46 heavy (non-hydrogen) atoms. The van der Waals surface area contributed by atoms with Gasteiger partial charge in [-0.1, -0.05) is 101 Å². The topological polar surface area (TPSA) is 102 Å². The summed E-state index contributed by atoms with van der Waals surface area (Å²) >= 11 is 0. The zero-order valence-corrected chi connectivity index (χ0v) is 29.7. The molecule has 0 heterocycles. The Hall–Kier alpha value is -2.71. The number of hydrogen-bond donors (Lipinski definition) is 0. The van der Waals surface area contributed by atoms with Crippen LogP contribution in [-0.4, -0.2) is 75.5 Å². The monoisotopic (exact) mass is 647 g/mol. The summed E-state index contributed by atoms with van der Waals surface area (Å²) in [6.45, 7) is 4.37. The Labute approximate surface area is 280 Å². The number of carbonyl (C=O) groups excluding carboxylic acids is 3. The lowest BCUT2D eigenvalue weighted by Crippen LogP contribution is -2.55. The zero-order chi connectivity index (χ0) is 34.3. The third-order valence-corrected chi connectivity index (χ3v) is 7.48. The molecule has 0 spiro atoms. The summed E-state index contributed by atoms with van der Waals surface area (Å²) in [4.78, 5) is 36.4. The van der Waals surface area contributed by atoms with Crippen LogP contribution in [0.25, 0.3) is 0 Å². The Bertz CT molecular complexity index is 901. The average molecular weight is 648 g/mol. The molecule has 0 saturated carbocycles. The summed E-state index contributed by atoms with van der Waals surface area (Å²) in [7, 11) is 5.35. The number of likely N-dealkylation sites (N-methyl/N-ethyl adjacent to an activating group) is 1. The van der Waals surface area contributed by atoms with E-state index in [1.54, 1.807) is 27.2 Å². The molecule has 0 aromatic carbocycles. The third kappa shape index (κ3) is 27.6. The van der Waals surface area contributed by atoms with Gasteiger partial charge in [-0.15, -0.1) is 0 Å². The van der Waals surface area contributed by atoms with Crippen molar-refractivity contribution in [2.75, 3.05) is 41.0 Å². The van der Waals surface area contributed by atoms with Crippen LogP contribution in [0.1, 0.15) is 123 Å². The number of quaternary nitrogens is 1. The molecule has 0 aromatic heterocycles. The summed E-state index contributed by atoms with van der Waals surface area (Å²) in [5.74, 6) is -1.92. The summed E-state index contributed by atoms with van der Waals surface area (Å²) in [6.07, 6.45) is 31.8. The molecule has 0 aromatic rings. The van der Waals surface area contributed by atoms with E-state index >= 15 is 0 Å². The van der Waals surface area contributed by atoms with E-state index in [0.29, 0.717) is 6.42 Å². The molecular formula is C38H65NO7. The molecule has 0 aliphatic carbocycles. The van der Waals surface area contributed by atoms with Gasteiger partial charge in [-0.3, -0.25) is 9.59 Å². The second kappa shape index (κ2) is 29.7. The fourth-order valence-electron chi connectivity index (χ4n) is 4.71. The van der Waals surface area contributed by atoms with Gasteiger partial charge in [0.1, 0.15) is 12.6 Å². The number of unbranched alkanes of at least 4 members (excludes halogenated alkanes) is 9. The van der Waals surface area contributed by atoms with Gasteiger partial charge < -0.3 is 28.6 Å². The molecule has 2 atom stereocenters. The first-order chi connectivity index (χ1) is 22.1. The Kier molecular flexibility index (Phi) is 27.9. The Morgan fingerprint density at radius 2 is 1.28 bits per heavy atom. The highest BCUT2D eigenvalue weighted by atomic mass is 16.6. The van der Waals surface area contributed by atoms with Crippen LogP contribution in [0.2, 0.25) is 0 Å². The van der Waals surface area contributed by atoms with Gasteiger partial charge in [0.15, 0.2) is 6.10 Å². The van der Waals surface area contributed by atoms with Crippen LogP contribution in [0.15, 0.2) is 48.6 Å². The van der Waals surface area contributed by atoms with Crippen molar-refractivity contribution in [2.24, 2.45) is 0 Å². The molecule has 264 valence electrons. The van der Waals surface area contributed by atoms with Crippen LogP contribution in [0.3, 0.4) is 0 Å². The number of hydrogen-bond acceptors (Lipinski definition) is 7. The van der Waals surface area contributed by atoms with E-state index in [1.165, 1.54) is 38.5 Å². The van der Waals surface area contributed by atoms with Crippen LogP contribution >= 0.6 is 0 Å². The minimum atomic E-state index is -1.14. The van der Waals surface area contributed by atoms with Crippen LogP contribution in [0.5, 0.6) is 0 Å². The number of esters is 2. The molecule has 0 aliphatic heterocycles. The lowest BCUT2D eigenvalue weighted by Gasteiger charge is -2.34. The van der Waals surface area contributed by atoms with Crippen molar-refractivity contribution in [1.29, 1.82) is 0 Å². The largest absolute Gasteiger partial charge is 0.544 e. The van der Waals surface area contributed by atoms with Gasteiger partial charge in [0.25, 0.3) is 0 Å². The van der Waals surface area contributed by atoms with E-state index in [0.717, 1.165) is 51.4 Å². The summed E-state index contributed by atoms with van der Waals surface area (Å²) in [5.41, 5.74) is 0. The summed E-state index contributed by atoms with van der Waals surface area (Å²) < 4.78 is 16.9. The Balaban J connectivity index is 4.56. The average Bonchev–Trinajstić information content (AvgIpc) is 3.00. The number of ether oxygens (including phenoxy) is 3. The molecule has 0 amide bonds. The van der Waals surface area contributed by atoms with Crippen molar-refractivity contribution >= 4 is 17.9 Å². The highest BCUT2D eigenvalue weighted by molar-refractivity contribution is 5.71. The first kappa shape index (κ1) is 43.3. The first-order valence-corrected chi connectivity index (χ1v) is 17.7. The molecule has 0 rings (SSSR count). The van der Waals surface area contributed by atoms with Crippen molar-refractivity contribution in [2.45, 2.75) is 135 Å². The number of carboxylic acid groups (broad SMARTS) is 1. The number of nitrogens with zero attached hydrogens (tertiary/aromatic N) is 1.